The Morgan fingerprint density at radius 2 is 1.75 bits per heavy atom. The predicted octanol–water partition coefficient (Wildman–Crippen LogP) is 1.80. The molecule has 1 aromatic carbocycles. The summed E-state index contributed by atoms with van der Waals surface area (Å²) in [6, 6.07) is 2.46. The number of alkyl halides is 3. The van der Waals surface area contributed by atoms with E-state index >= 15 is 0 Å². The predicted molar refractivity (Wildman–Crippen MR) is 78.3 cm³/mol. The van der Waals surface area contributed by atoms with Gasteiger partial charge < -0.3 is 15.7 Å². The van der Waals surface area contributed by atoms with Crippen molar-refractivity contribution in [2.45, 2.75) is 32.0 Å². The third-order valence-electron chi connectivity index (χ3n) is 3.09. The second-order valence-corrected chi connectivity index (χ2v) is 5.00. The molecule has 1 aromatic rings. The fourth-order valence-corrected chi connectivity index (χ4v) is 1.86. The number of aliphatic carboxylic acids is 1. The molecule has 0 aliphatic carbocycles. The highest BCUT2D eigenvalue weighted by Crippen LogP contribution is 2.28. The van der Waals surface area contributed by atoms with Gasteiger partial charge in [0.15, 0.2) is 0 Å². The Morgan fingerprint density at radius 1 is 1.17 bits per heavy atom. The Labute approximate surface area is 136 Å². The number of hydrogen-bond donors (Lipinski definition) is 3. The van der Waals surface area contributed by atoms with Crippen LogP contribution >= 0.6 is 0 Å². The first kappa shape index (κ1) is 19.5. The van der Waals surface area contributed by atoms with E-state index in [2.05, 4.69) is 10.6 Å². The Balaban J connectivity index is 2.56. The van der Waals surface area contributed by atoms with E-state index in [-0.39, 0.29) is 12.0 Å². The largest absolute Gasteiger partial charge is 0.480 e. The molecule has 132 valence electrons. The van der Waals surface area contributed by atoms with Crippen LogP contribution in [0.1, 0.15) is 35.7 Å². The highest BCUT2D eigenvalue weighted by molar-refractivity contribution is 5.96. The first-order valence-corrected chi connectivity index (χ1v) is 7.12. The van der Waals surface area contributed by atoms with Gasteiger partial charge in [0.1, 0.15) is 6.04 Å². The van der Waals surface area contributed by atoms with E-state index in [1.807, 2.05) is 0 Å². The summed E-state index contributed by atoms with van der Waals surface area (Å²) in [4.78, 5) is 34.3. The summed E-state index contributed by atoms with van der Waals surface area (Å²) in [7, 11) is 0. The SMILES string of the molecule is CCCC(NC(=O)CNC(=O)c1ccc(C(F)(F)F)cc1)C(=O)O. The van der Waals surface area contributed by atoms with Gasteiger partial charge in [0.25, 0.3) is 5.91 Å². The van der Waals surface area contributed by atoms with Crippen molar-refractivity contribution in [1.82, 2.24) is 10.6 Å². The molecule has 0 saturated carbocycles. The lowest BCUT2D eigenvalue weighted by atomic mass is 10.1. The number of hydrogen-bond acceptors (Lipinski definition) is 3. The van der Waals surface area contributed by atoms with Crippen molar-refractivity contribution in [3.05, 3.63) is 35.4 Å². The molecule has 0 radical (unpaired) electrons. The van der Waals surface area contributed by atoms with Gasteiger partial charge in [-0.3, -0.25) is 9.59 Å². The molecule has 0 spiro atoms. The minimum Gasteiger partial charge on any atom is -0.480 e. The van der Waals surface area contributed by atoms with Crippen molar-refractivity contribution in [2.75, 3.05) is 6.54 Å². The fraction of sp³-hybridized carbons (Fsp3) is 0.400. The summed E-state index contributed by atoms with van der Waals surface area (Å²) in [6.45, 7) is 1.28. The summed E-state index contributed by atoms with van der Waals surface area (Å²) in [5.41, 5.74) is -0.931. The molecule has 1 atom stereocenters. The number of halogens is 3. The number of carboxylic acid groups (broad SMARTS) is 1. The lowest BCUT2D eigenvalue weighted by molar-refractivity contribution is -0.141. The molecule has 0 bridgehead atoms. The molecule has 0 aliphatic heterocycles. The van der Waals surface area contributed by atoms with Crippen LogP contribution in [0.5, 0.6) is 0 Å². The molecule has 0 heterocycles. The molecule has 1 unspecified atom stereocenters. The molecular formula is C15H17F3N2O4. The molecular weight excluding hydrogens is 329 g/mol. The zero-order valence-corrected chi connectivity index (χ0v) is 12.8. The van der Waals surface area contributed by atoms with Crippen LogP contribution in [-0.4, -0.2) is 35.5 Å². The summed E-state index contributed by atoms with van der Waals surface area (Å²) >= 11 is 0. The number of nitrogens with one attached hydrogen (secondary N) is 2. The van der Waals surface area contributed by atoms with Crippen molar-refractivity contribution in [3.63, 3.8) is 0 Å². The first-order valence-electron chi connectivity index (χ1n) is 7.12. The molecule has 9 heteroatoms. The lowest BCUT2D eigenvalue weighted by Gasteiger charge is -2.14. The van der Waals surface area contributed by atoms with Crippen LogP contribution in [0.15, 0.2) is 24.3 Å². The Hall–Kier alpha value is -2.58. The van der Waals surface area contributed by atoms with Crippen LogP contribution in [0.4, 0.5) is 13.2 Å². The van der Waals surface area contributed by atoms with Gasteiger partial charge >= 0.3 is 12.1 Å². The minimum absolute atomic E-state index is 0.0425. The maximum Gasteiger partial charge on any atom is 0.416 e. The second kappa shape index (κ2) is 8.32. The van der Waals surface area contributed by atoms with Gasteiger partial charge in [0.2, 0.25) is 5.91 Å². The third kappa shape index (κ3) is 5.90. The third-order valence-corrected chi connectivity index (χ3v) is 3.09. The molecule has 2 amide bonds. The smallest absolute Gasteiger partial charge is 0.416 e. The topological polar surface area (TPSA) is 95.5 Å². The monoisotopic (exact) mass is 346 g/mol. The summed E-state index contributed by atoms with van der Waals surface area (Å²) in [6.07, 6.45) is -3.71. The highest BCUT2D eigenvalue weighted by atomic mass is 19.4. The van der Waals surface area contributed by atoms with Gasteiger partial charge in [0, 0.05) is 5.56 Å². The van der Waals surface area contributed by atoms with Gasteiger partial charge in [-0.25, -0.2) is 4.79 Å². The molecule has 0 saturated heterocycles. The zero-order valence-electron chi connectivity index (χ0n) is 12.8. The zero-order chi connectivity index (χ0) is 18.3. The van der Waals surface area contributed by atoms with E-state index in [4.69, 9.17) is 5.11 Å². The normalized spacial score (nSPS) is 12.3. The molecule has 0 aromatic heterocycles. The summed E-state index contributed by atoms with van der Waals surface area (Å²) in [5, 5.41) is 13.4. The van der Waals surface area contributed by atoms with E-state index in [0.29, 0.717) is 6.42 Å². The van der Waals surface area contributed by atoms with E-state index in [1.54, 1.807) is 6.92 Å². The average molecular weight is 346 g/mol. The molecule has 3 N–H and O–H groups in total. The van der Waals surface area contributed by atoms with Crippen molar-refractivity contribution in [1.29, 1.82) is 0 Å². The Kier molecular flexibility index (Phi) is 6.75. The van der Waals surface area contributed by atoms with Gasteiger partial charge in [0.05, 0.1) is 12.1 Å². The van der Waals surface area contributed by atoms with E-state index in [9.17, 15) is 27.6 Å². The number of amides is 2. The van der Waals surface area contributed by atoms with Gasteiger partial charge in [-0.1, -0.05) is 13.3 Å². The Morgan fingerprint density at radius 3 is 2.21 bits per heavy atom. The van der Waals surface area contributed by atoms with Crippen LogP contribution < -0.4 is 10.6 Å². The van der Waals surface area contributed by atoms with Crippen LogP contribution in [0, 0.1) is 0 Å². The minimum atomic E-state index is -4.50. The van der Waals surface area contributed by atoms with Gasteiger partial charge in [-0.05, 0) is 30.7 Å². The fourth-order valence-electron chi connectivity index (χ4n) is 1.86. The molecule has 1 rings (SSSR count). The maximum absolute atomic E-state index is 12.4. The van der Waals surface area contributed by atoms with Crippen molar-refractivity contribution in [3.8, 4) is 0 Å². The summed E-state index contributed by atoms with van der Waals surface area (Å²) < 4.78 is 37.3. The number of carbonyl (C=O) groups is 3. The number of rotatable bonds is 7. The van der Waals surface area contributed by atoms with E-state index in [0.717, 1.165) is 24.3 Å². The first-order chi connectivity index (χ1) is 11.1. The molecule has 6 nitrogen and oxygen atoms in total. The van der Waals surface area contributed by atoms with Crippen LogP contribution in [0.25, 0.3) is 0 Å². The van der Waals surface area contributed by atoms with Crippen LogP contribution in [0.3, 0.4) is 0 Å². The molecule has 24 heavy (non-hydrogen) atoms. The average Bonchev–Trinajstić information content (AvgIpc) is 2.51. The Bertz CT molecular complexity index is 600. The van der Waals surface area contributed by atoms with Crippen LogP contribution in [0.2, 0.25) is 0 Å². The van der Waals surface area contributed by atoms with Gasteiger partial charge in [-0.2, -0.15) is 13.2 Å². The van der Waals surface area contributed by atoms with Crippen LogP contribution in [-0.2, 0) is 15.8 Å². The number of carbonyl (C=O) groups excluding carboxylic acids is 2. The van der Waals surface area contributed by atoms with E-state index < -0.39 is 42.1 Å². The number of benzene rings is 1. The summed E-state index contributed by atoms with van der Waals surface area (Å²) in [5.74, 6) is -2.61. The number of carboxylic acids is 1. The quantitative estimate of drug-likeness (QED) is 0.702. The second-order valence-electron chi connectivity index (χ2n) is 5.00. The maximum atomic E-state index is 12.4. The van der Waals surface area contributed by atoms with E-state index in [1.165, 1.54) is 0 Å². The molecule has 0 fully saturated rings. The van der Waals surface area contributed by atoms with Crippen molar-refractivity contribution >= 4 is 17.8 Å². The standard InChI is InChI=1S/C15H17F3N2O4/c1-2-3-11(14(23)24)20-12(21)8-19-13(22)9-4-6-10(7-5-9)15(16,17)18/h4-7,11H,2-3,8H2,1H3,(H,19,22)(H,20,21)(H,23,24). The van der Waals surface area contributed by atoms with Crippen molar-refractivity contribution in [2.24, 2.45) is 0 Å². The van der Waals surface area contributed by atoms with Crippen molar-refractivity contribution < 1.29 is 32.7 Å². The molecule has 0 aliphatic rings. The highest BCUT2D eigenvalue weighted by Gasteiger charge is 2.30. The lowest BCUT2D eigenvalue weighted by Crippen LogP contribution is -2.45. The van der Waals surface area contributed by atoms with Gasteiger partial charge in [-0.15, -0.1) is 0 Å².